The van der Waals surface area contributed by atoms with Gasteiger partial charge in [0.2, 0.25) is 0 Å². The Morgan fingerprint density at radius 3 is 2.86 bits per heavy atom. The third-order valence-electron chi connectivity index (χ3n) is 1.59. The third kappa shape index (κ3) is 3.24. The minimum Gasteiger partial charge on any atom is -0.462 e. The zero-order chi connectivity index (χ0) is 10.6. The molecule has 0 spiro atoms. The Hall–Kier alpha value is -0.100. The van der Waals surface area contributed by atoms with Gasteiger partial charge in [0.1, 0.15) is 0 Å². The van der Waals surface area contributed by atoms with E-state index in [1.165, 1.54) is 0 Å². The van der Waals surface area contributed by atoms with E-state index in [4.69, 9.17) is 4.74 Å². The molecule has 4 heteroatoms. The number of esters is 1. The lowest BCUT2D eigenvalue weighted by atomic mass is 10.2. The summed E-state index contributed by atoms with van der Waals surface area (Å²) in [7, 11) is 0. The Morgan fingerprint density at radius 2 is 2.29 bits per heavy atom. The first-order valence-corrected chi connectivity index (χ1v) is 6.14. The van der Waals surface area contributed by atoms with Crippen LogP contribution in [-0.2, 0) is 4.74 Å². The maximum atomic E-state index is 11.5. The minimum atomic E-state index is -0.268. The zero-order valence-electron chi connectivity index (χ0n) is 7.72. The molecular formula is C10H10BrIO2. The largest absolute Gasteiger partial charge is 0.462 e. The van der Waals surface area contributed by atoms with Crippen LogP contribution >= 0.6 is 38.5 Å². The van der Waals surface area contributed by atoms with E-state index in [0.717, 1.165) is 14.5 Å². The standard InChI is InChI=1S/C10H10BrIO2/c1-2-5-14-10(13)8-4-3-7(12)6-9(8)11/h3-4,6H,2,5H2,1H3. The Balaban J connectivity index is 2.80. The van der Waals surface area contributed by atoms with E-state index in [9.17, 15) is 4.79 Å². The van der Waals surface area contributed by atoms with Crippen molar-refractivity contribution < 1.29 is 9.53 Å². The van der Waals surface area contributed by atoms with Crippen molar-refractivity contribution in [2.24, 2.45) is 0 Å². The highest BCUT2D eigenvalue weighted by molar-refractivity contribution is 14.1. The van der Waals surface area contributed by atoms with Crippen LogP contribution in [0.25, 0.3) is 0 Å². The van der Waals surface area contributed by atoms with Crippen LogP contribution in [0, 0.1) is 3.57 Å². The molecule has 2 nitrogen and oxygen atoms in total. The molecule has 0 atom stereocenters. The molecule has 0 fully saturated rings. The van der Waals surface area contributed by atoms with Crippen LogP contribution in [0.15, 0.2) is 22.7 Å². The molecule has 14 heavy (non-hydrogen) atoms. The monoisotopic (exact) mass is 368 g/mol. The van der Waals surface area contributed by atoms with Gasteiger partial charge in [-0.25, -0.2) is 4.79 Å². The summed E-state index contributed by atoms with van der Waals surface area (Å²) in [5.74, 6) is -0.268. The third-order valence-corrected chi connectivity index (χ3v) is 2.92. The van der Waals surface area contributed by atoms with Crippen molar-refractivity contribution in [2.45, 2.75) is 13.3 Å². The SMILES string of the molecule is CCCOC(=O)c1ccc(I)cc1Br. The maximum absolute atomic E-state index is 11.5. The van der Waals surface area contributed by atoms with Crippen molar-refractivity contribution in [3.8, 4) is 0 Å². The summed E-state index contributed by atoms with van der Waals surface area (Å²) < 4.78 is 6.89. The molecule has 76 valence electrons. The summed E-state index contributed by atoms with van der Waals surface area (Å²) in [6.07, 6.45) is 0.841. The van der Waals surface area contributed by atoms with Gasteiger partial charge in [0, 0.05) is 8.04 Å². The number of hydrogen-bond acceptors (Lipinski definition) is 2. The zero-order valence-corrected chi connectivity index (χ0v) is 11.5. The molecule has 0 bridgehead atoms. The van der Waals surface area contributed by atoms with Crippen LogP contribution in [0.4, 0.5) is 0 Å². The normalized spacial score (nSPS) is 9.93. The number of ether oxygens (including phenoxy) is 1. The van der Waals surface area contributed by atoms with E-state index >= 15 is 0 Å². The highest BCUT2D eigenvalue weighted by Crippen LogP contribution is 2.20. The Bertz CT molecular complexity index is 339. The van der Waals surface area contributed by atoms with Gasteiger partial charge in [-0.15, -0.1) is 0 Å². The second-order valence-electron chi connectivity index (χ2n) is 2.76. The van der Waals surface area contributed by atoms with Gasteiger partial charge in [-0.2, -0.15) is 0 Å². The van der Waals surface area contributed by atoms with E-state index < -0.39 is 0 Å². The van der Waals surface area contributed by atoms with Gasteiger partial charge in [-0.3, -0.25) is 0 Å². The van der Waals surface area contributed by atoms with Crippen LogP contribution in [0.1, 0.15) is 23.7 Å². The maximum Gasteiger partial charge on any atom is 0.339 e. The summed E-state index contributed by atoms with van der Waals surface area (Å²) in [4.78, 5) is 11.5. The molecule has 0 aliphatic heterocycles. The highest BCUT2D eigenvalue weighted by atomic mass is 127. The molecular weight excluding hydrogens is 359 g/mol. The van der Waals surface area contributed by atoms with E-state index in [-0.39, 0.29) is 5.97 Å². The number of rotatable bonds is 3. The summed E-state index contributed by atoms with van der Waals surface area (Å²) in [5, 5.41) is 0. The predicted molar refractivity (Wildman–Crippen MR) is 67.4 cm³/mol. The van der Waals surface area contributed by atoms with Crippen molar-refractivity contribution in [3.05, 3.63) is 31.8 Å². The number of carbonyl (C=O) groups is 1. The van der Waals surface area contributed by atoms with Gasteiger partial charge in [-0.1, -0.05) is 6.92 Å². The van der Waals surface area contributed by atoms with Gasteiger partial charge in [0.15, 0.2) is 0 Å². The fourth-order valence-corrected chi connectivity index (χ4v) is 2.39. The first-order valence-electron chi connectivity index (χ1n) is 4.27. The molecule has 1 rings (SSSR count). The molecule has 0 heterocycles. The molecule has 1 aromatic rings. The summed E-state index contributed by atoms with van der Waals surface area (Å²) >= 11 is 5.53. The molecule has 1 aromatic carbocycles. The van der Waals surface area contributed by atoms with E-state index in [1.807, 2.05) is 19.1 Å². The summed E-state index contributed by atoms with van der Waals surface area (Å²) in [6.45, 7) is 2.44. The van der Waals surface area contributed by atoms with E-state index in [1.54, 1.807) is 6.07 Å². The summed E-state index contributed by atoms with van der Waals surface area (Å²) in [6, 6.07) is 5.54. The van der Waals surface area contributed by atoms with Crippen molar-refractivity contribution in [3.63, 3.8) is 0 Å². The van der Waals surface area contributed by atoms with E-state index in [2.05, 4.69) is 38.5 Å². The molecule has 0 amide bonds. The van der Waals surface area contributed by atoms with Gasteiger partial charge >= 0.3 is 5.97 Å². The lowest BCUT2D eigenvalue weighted by Crippen LogP contribution is -2.06. The topological polar surface area (TPSA) is 26.3 Å². The van der Waals surface area contributed by atoms with Crippen LogP contribution in [0.3, 0.4) is 0 Å². The smallest absolute Gasteiger partial charge is 0.339 e. The first-order chi connectivity index (χ1) is 6.65. The number of halogens is 2. The molecule has 0 unspecified atom stereocenters. The number of carbonyl (C=O) groups excluding carboxylic acids is 1. The average molecular weight is 369 g/mol. The van der Waals surface area contributed by atoms with Crippen molar-refractivity contribution in [2.75, 3.05) is 6.61 Å². The van der Waals surface area contributed by atoms with Gasteiger partial charge in [-0.05, 0) is 63.1 Å². The summed E-state index contributed by atoms with van der Waals surface area (Å²) in [5.41, 5.74) is 0.582. The van der Waals surface area contributed by atoms with Crippen molar-refractivity contribution in [1.29, 1.82) is 0 Å². The Labute approximate surface area is 105 Å². The quantitative estimate of drug-likeness (QED) is 0.601. The predicted octanol–water partition coefficient (Wildman–Crippen LogP) is 3.62. The van der Waals surface area contributed by atoms with Gasteiger partial charge < -0.3 is 4.74 Å². The molecule has 0 radical (unpaired) electrons. The fraction of sp³-hybridized carbons (Fsp3) is 0.300. The van der Waals surface area contributed by atoms with E-state index in [0.29, 0.717) is 12.2 Å². The first kappa shape index (κ1) is 12.0. The lowest BCUT2D eigenvalue weighted by molar-refractivity contribution is 0.0504. The van der Waals surface area contributed by atoms with Crippen LogP contribution in [0.2, 0.25) is 0 Å². The van der Waals surface area contributed by atoms with Crippen LogP contribution in [0.5, 0.6) is 0 Å². The number of benzene rings is 1. The average Bonchev–Trinajstić information content (AvgIpc) is 2.14. The molecule has 0 aromatic heterocycles. The van der Waals surface area contributed by atoms with Gasteiger partial charge in [0.05, 0.1) is 12.2 Å². The Morgan fingerprint density at radius 1 is 1.57 bits per heavy atom. The van der Waals surface area contributed by atoms with Gasteiger partial charge in [0.25, 0.3) is 0 Å². The lowest BCUT2D eigenvalue weighted by Gasteiger charge is -2.05. The highest BCUT2D eigenvalue weighted by Gasteiger charge is 2.10. The van der Waals surface area contributed by atoms with Crippen LogP contribution < -0.4 is 0 Å². The van der Waals surface area contributed by atoms with Crippen LogP contribution in [-0.4, -0.2) is 12.6 Å². The second-order valence-corrected chi connectivity index (χ2v) is 4.86. The molecule has 0 aliphatic carbocycles. The molecule has 0 aliphatic rings. The Kier molecular flexibility index (Phi) is 4.88. The van der Waals surface area contributed by atoms with Crippen molar-refractivity contribution in [1.82, 2.24) is 0 Å². The van der Waals surface area contributed by atoms with Crippen molar-refractivity contribution >= 4 is 44.5 Å². The molecule has 0 N–H and O–H groups in total. The fourth-order valence-electron chi connectivity index (χ4n) is 0.928. The number of hydrogen-bond donors (Lipinski definition) is 0. The second kappa shape index (κ2) is 5.70. The molecule has 0 saturated carbocycles. The minimum absolute atomic E-state index is 0.268. The molecule has 0 saturated heterocycles.